The minimum atomic E-state index is 0.487. The van der Waals surface area contributed by atoms with Crippen LogP contribution >= 0.6 is 0 Å². The van der Waals surface area contributed by atoms with Gasteiger partial charge in [-0.3, -0.25) is 0 Å². The SMILES string of the molecule is CCC(C)(CC)CC1(C)COC1. The van der Waals surface area contributed by atoms with Crippen molar-refractivity contribution in [1.29, 1.82) is 0 Å². The van der Waals surface area contributed by atoms with E-state index in [0.29, 0.717) is 10.8 Å². The first-order valence-corrected chi connectivity index (χ1v) is 5.11. The van der Waals surface area contributed by atoms with E-state index in [0.717, 1.165) is 13.2 Å². The van der Waals surface area contributed by atoms with Gasteiger partial charge in [0.2, 0.25) is 0 Å². The van der Waals surface area contributed by atoms with Gasteiger partial charge in [-0.05, 0) is 11.8 Å². The lowest BCUT2D eigenvalue weighted by Crippen LogP contribution is -2.43. The molecule has 1 aliphatic rings. The highest BCUT2D eigenvalue weighted by atomic mass is 16.5. The Morgan fingerprint density at radius 2 is 1.75 bits per heavy atom. The molecule has 1 fully saturated rings. The van der Waals surface area contributed by atoms with Gasteiger partial charge >= 0.3 is 0 Å². The van der Waals surface area contributed by atoms with Gasteiger partial charge in [-0.25, -0.2) is 0 Å². The molecule has 0 aliphatic carbocycles. The van der Waals surface area contributed by atoms with Crippen LogP contribution in [0.5, 0.6) is 0 Å². The summed E-state index contributed by atoms with van der Waals surface area (Å²) in [6.07, 6.45) is 3.91. The Balaban J connectivity index is 2.46. The molecule has 0 spiro atoms. The summed E-state index contributed by atoms with van der Waals surface area (Å²) in [5.41, 5.74) is 1.03. The van der Waals surface area contributed by atoms with Crippen molar-refractivity contribution in [2.75, 3.05) is 13.2 Å². The van der Waals surface area contributed by atoms with E-state index in [1.54, 1.807) is 0 Å². The van der Waals surface area contributed by atoms with Gasteiger partial charge in [0.1, 0.15) is 0 Å². The quantitative estimate of drug-likeness (QED) is 0.629. The van der Waals surface area contributed by atoms with Gasteiger partial charge in [-0.1, -0.05) is 40.5 Å². The van der Waals surface area contributed by atoms with Gasteiger partial charge in [0, 0.05) is 5.41 Å². The molecule has 1 rings (SSSR count). The zero-order chi connectivity index (χ0) is 9.24. The second-order valence-corrected chi connectivity index (χ2v) is 5.00. The average Bonchev–Trinajstić information content (AvgIpc) is 2.02. The molecule has 0 saturated carbocycles. The number of hydrogen-bond donors (Lipinski definition) is 0. The van der Waals surface area contributed by atoms with Gasteiger partial charge in [0.05, 0.1) is 13.2 Å². The lowest BCUT2D eigenvalue weighted by atomic mass is 9.69. The van der Waals surface area contributed by atoms with Crippen LogP contribution < -0.4 is 0 Å². The highest BCUT2D eigenvalue weighted by Crippen LogP contribution is 2.42. The van der Waals surface area contributed by atoms with Crippen LogP contribution in [-0.4, -0.2) is 13.2 Å². The Bertz CT molecular complexity index is 143. The molecule has 1 heteroatoms. The molecule has 0 amide bonds. The summed E-state index contributed by atoms with van der Waals surface area (Å²) in [7, 11) is 0. The Morgan fingerprint density at radius 1 is 1.25 bits per heavy atom. The summed E-state index contributed by atoms with van der Waals surface area (Å²) >= 11 is 0. The molecule has 12 heavy (non-hydrogen) atoms. The Kier molecular flexibility index (Phi) is 2.82. The lowest BCUT2D eigenvalue weighted by molar-refractivity contribution is -0.123. The molecule has 0 aromatic carbocycles. The zero-order valence-electron chi connectivity index (χ0n) is 8.94. The third-order valence-corrected chi connectivity index (χ3v) is 3.46. The van der Waals surface area contributed by atoms with Crippen LogP contribution in [0.4, 0.5) is 0 Å². The molecule has 0 unspecified atom stereocenters. The minimum absolute atomic E-state index is 0.487. The molecule has 0 bridgehead atoms. The Morgan fingerprint density at radius 3 is 2.00 bits per heavy atom. The molecule has 0 aromatic rings. The van der Waals surface area contributed by atoms with Crippen LogP contribution in [0.2, 0.25) is 0 Å². The summed E-state index contributed by atoms with van der Waals surface area (Å²) in [5.74, 6) is 0. The minimum Gasteiger partial charge on any atom is -0.380 e. The van der Waals surface area contributed by atoms with E-state index in [9.17, 15) is 0 Å². The van der Waals surface area contributed by atoms with E-state index in [4.69, 9.17) is 4.74 Å². The third kappa shape index (κ3) is 2.01. The van der Waals surface area contributed by atoms with Gasteiger partial charge in [0.15, 0.2) is 0 Å². The predicted octanol–water partition coefficient (Wildman–Crippen LogP) is 3.24. The molecule has 1 saturated heterocycles. The van der Waals surface area contributed by atoms with Crippen molar-refractivity contribution in [2.45, 2.75) is 47.0 Å². The van der Waals surface area contributed by atoms with Crippen molar-refractivity contribution in [3.05, 3.63) is 0 Å². The van der Waals surface area contributed by atoms with Crippen molar-refractivity contribution in [2.24, 2.45) is 10.8 Å². The summed E-state index contributed by atoms with van der Waals surface area (Å²) in [4.78, 5) is 0. The van der Waals surface area contributed by atoms with E-state index in [1.165, 1.54) is 19.3 Å². The topological polar surface area (TPSA) is 9.23 Å². The fraction of sp³-hybridized carbons (Fsp3) is 1.00. The molecule has 1 nitrogen and oxygen atoms in total. The number of hydrogen-bond acceptors (Lipinski definition) is 1. The maximum absolute atomic E-state index is 5.27. The van der Waals surface area contributed by atoms with Crippen molar-refractivity contribution in [1.82, 2.24) is 0 Å². The van der Waals surface area contributed by atoms with Crippen LogP contribution in [0.25, 0.3) is 0 Å². The fourth-order valence-electron chi connectivity index (χ4n) is 2.08. The Labute approximate surface area is 76.5 Å². The van der Waals surface area contributed by atoms with Gasteiger partial charge in [-0.2, -0.15) is 0 Å². The average molecular weight is 170 g/mol. The second-order valence-electron chi connectivity index (χ2n) is 5.00. The van der Waals surface area contributed by atoms with Gasteiger partial charge in [-0.15, -0.1) is 0 Å². The zero-order valence-corrected chi connectivity index (χ0v) is 8.94. The lowest BCUT2D eigenvalue weighted by Gasteiger charge is -2.44. The van der Waals surface area contributed by atoms with E-state index in [2.05, 4.69) is 27.7 Å². The first-order valence-electron chi connectivity index (χ1n) is 5.11. The largest absolute Gasteiger partial charge is 0.380 e. The first-order chi connectivity index (χ1) is 5.54. The van der Waals surface area contributed by atoms with E-state index < -0.39 is 0 Å². The monoisotopic (exact) mass is 170 g/mol. The van der Waals surface area contributed by atoms with Crippen LogP contribution in [0.1, 0.15) is 47.0 Å². The van der Waals surface area contributed by atoms with Crippen LogP contribution in [0.15, 0.2) is 0 Å². The summed E-state index contributed by atoms with van der Waals surface area (Å²) in [6.45, 7) is 11.3. The number of ether oxygens (including phenoxy) is 1. The standard InChI is InChI=1S/C11H22O/c1-5-10(3,6-2)7-11(4)8-12-9-11/h5-9H2,1-4H3. The molecular formula is C11H22O. The molecular weight excluding hydrogens is 148 g/mol. The van der Waals surface area contributed by atoms with E-state index in [-0.39, 0.29) is 0 Å². The predicted molar refractivity (Wildman–Crippen MR) is 52.2 cm³/mol. The smallest absolute Gasteiger partial charge is 0.0542 e. The van der Waals surface area contributed by atoms with Crippen LogP contribution in [0.3, 0.4) is 0 Å². The van der Waals surface area contributed by atoms with Crippen molar-refractivity contribution in [3.63, 3.8) is 0 Å². The van der Waals surface area contributed by atoms with Gasteiger partial charge < -0.3 is 4.74 Å². The first kappa shape index (κ1) is 10.0. The van der Waals surface area contributed by atoms with Crippen molar-refractivity contribution < 1.29 is 4.74 Å². The van der Waals surface area contributed by atoms with Crippen molar-refractivity contribution >= 4 is 0 Å². The van der Waals surface area contributed by atoms with E-state index >= 15 is 0 Å². The molecule has 1 aliphatic heterocycles. The molecule has 1 heterocycles. The summed E-state index contributed by atoms with van der Waals surface area (Å²) in [5, 5.41) is 0. The van der Waals surface area contributed by atoms with Crippen LogP contribution in [-0.2, 0) is 4.74 Å². The molecule has 0 radical (unpaired) electrons. The molecule has 72 valence electrons. The third-order valence-electron chi connectivity index (χ3n) is 3.46. The number of rotatable bonds is 4. The summed E-state index contributed by atoms with van der Waals surface area (Å²) in [6, 6.07) is 0. The maximum Gasteiger partial charge on any atom is 0.0542 e. The second kappa shape index (κ2) is 3.37. The van der Waals surface area contributed by atoms with Gasteiger partial charge in [0.25, 0.3) is 0 Å². The van der Waals surface area contributed by atoms with E-state index in [1.807, 2.05) is 0 Å². The molecule has 0 aromatic heterocycles. The highest BCUT2D eigenvalue weighted by Gasteiger charge is 2.38. The highest BCUT2D eigenvalue weighted by molar-refractivity contribution is 4.87. The molecule has 0 atom stereocenters. The fourth-order valence-corrected chi connectivity index (χ4v) is 2.08. The van der Waals surface area contributed by atoms with Crippen molar-refractivity contribution in [3.8, 4) is 0 Å². The molecule has 0 N–H and O–H groups in total. The normalized spacial score (nSPS) is 22.0. The summed E-state index contributed by atoms with van der Waals surface area (Å²) < 4.78 is 5.27. The maximum atomic E-state index is 5.27. The van der Waals surface area contributed by atoms with Crippen LogP contribution in [0, 0.1) is 10.8 Å². The Hall–Kier alpha value is -0.0400.